The molecule has 0 saturated carbocycles. The van der Waals surface area contributed by atoms with Crippen molar-refractivity contribution in [1.29, 1.82) is 0 Å². The Morgan fingerprint density at radius 2 is 0.894 bits per heavy atom. The van der Waals surface area contributed by atoms with E-state index in [0.29, 0.717) is 19.3 Å². The van der Waals surface area contributed by atoms with E-state index in [0.717, 1.165) is 38.5 Å². The predicted octanol–water partition coefficient (Wildman–Crippen LogP) is 10.2. The number of hydrogen-bond acceptors (Lipinski definition) is 5. The largest absolute Gasteiger partial charge is 0.394 e. The SMILES string of the molecule is CCC/C=C/CCCC(O)C(O)C(CO)NC(=O)C(O)CCCCCCCCCCCCCCCCCCCCCCCCCCC. The number of allylic oxidation sites excluding steroid dienone is 2. The lowest BCUT2D eigenvalue weighted by atomic mass is 10.00. The van der Waals surface area contributed by atoms with Gasteiger partial charge < -0.3 is 25.7 Å². The first kappa shape index (κ1) is 46.0. The third-order valence-corrected chi connectivity index (χ3v) is 9.71. The lowest BCUT2D eigenvalue weighted by Gasteiger charge is -2.27. The van der Waals surface area contributed by atoms with E-state index in [9.17, 15) is 25.2 Å². The minimum Gasteiger partial charge on any atom is -0.394 e. The Kier molecular flexibility index (Phi) is 35.6. The predicted molar refractivity (Wildman–Crippen MR) is 201 cm³/mol. The molecule has 5 N–H and O–H groups in total. The Bertz CT molecular complexity index is 672. The summed E-state index contributed by atoms with van der Waals surface area (Å²) in [6, 6.07) is -0.994. The quantitative estimate of drug-likeness (QED) is 0.0335. The first-order valence-corrected chi connectivity index (χ1v) is 20.6. The van der Waals surface area contributed by atoms with Gasteiger partial charge in [0.1, 0.15) is 12.2 Å². The maximum atomic E-state index is 12.4. The number of amides is 1. The van der Waals surface area contributed by atoms with E-state index in [2.05, 4.69) is 31.3 Å². The summed E-state index contributed by atoms with van der Waals surface area (Å²) in [5.74, 6) is -0.595. The van der Waals surface area contributed by atoms with Gasteiger partial charge in [0.05, 0.1) is 18.8 Å². The summed E-state index contributed by atoms with van der Waals surface area (Å²) in [5.41, 5.74) is 0. The van der Waals surface area contributed by atoms with Crippen LogP contribution in [0.2, 0.25) is 0 Å². The molecule has 0 aliphatic rings. The summed E-state index contributed by atoms with van der Waals surface area (Å²) in [7, 11) is 0. The Labute approximate surface area is 292 Å². The Balaban J connectivity index is 3.56. The van der Waals surface area contributed by atoms with E-state index < -0.39 is 36.9 Å². The third kappa shape index (κ3) is 30.8. The average Bonchev–Trinajstić information content (AvgIpc) is 3.08. The lowest BCUT2D eigenvalue weighted by Crippen LogP contribution is -2.53. The highest BCUT2D eigenvalue weighted by atomic mass is 16.3. The molecule has 47 heavy (non-hydrogen) atoms. The van der Waals surface area contributed by atoms with Crippen LogP contribution in [0.15, 0.2) is 12.2 Å². The van der Waals surface area contributed by atoms with Gasteiger partial charge in [-0.3, -0.25) is 4.79 Å². The van der Waals surface area contributed by atoms with Crippen LogP contribution in [-0.2, 0) is 4.79 Å². The summed E-state index contributed by atoms with van der Waals surface area (Å²) in [5, 5.41) is 43.1. The normalized spacial score (nSPS) is 14.4. The smallest absolute Gasteiger partial charge is 0.249 e. The molecule has 0 bridgehead atoms. The van der Waals surface area contributed by atoms with Crippen LogP contribution in [-0.4, -0.2) is 57.3 Å². The van der Waals surface area contributed by atoms with E-state index >= 15 is 0 Å². The minimum absolute atomic E-state index is 0.367. The molecule has 0 aliphatic carbocycles. The molecule has 0 fully saturated rings. The van der Waals surface area contributed by atoms with Gasteiger partial charge in [-0.25, -0.2) is 0 Å². The molecule has 6 heteroatoms. The molecular weight excluding hydrogens is 586 g/mol. The molecule has 4 unspecified atom stereocenters. The summed E-state index contributed by atoms with van der Waals surface area (Å²) in [6.45, 7) is 3.92. The number of carbonyl (C=O) groups excluding carboxylic acids is 1. The first-order valence-electron chi connectivity index (χ1n) is 20.6. The van der Waals surface area contributed by atoms with Crippen molar-refractivity contribution in [2.24, 2.45) is 0 Å². The molecule has 0 spiro atoms. The van der Waals surface area contributed by atoms with Crippen molar-refractivity contribution in [2.75, 3.05) is 6.61 Å². The summed E-state index contributed by atoms with van der Waals surface area (Å²) >= 11 is 0. The number of unbranched alkanes of at least 4 members (excludes halogenated alkanes) is 26. The van der Waals surface area contributed by atoms with Crippen molar-refractivity contribution in [3.63, 3.8) is 0 Å². The molecule has 6 nitrogen and oxygen atoms in total. The summed E-state index contributed by atoms with van der Waals surface area (Å²) < 4.78 is 0. The molecule has 280 valence electrons. The van der Waals surface area contributed by atoms with Crippen molar-refractivity contribution in [2.45, 2.75) is 237 Å². The molecule has 4 atom stereocenters. The Hall–Kier alpha value is -0.950. The number of nitrogens with one attached hydrogen (secondary N) is 1. The van der Waals surface area contributed by atoms with Gasteiger partial charge in [0, 0.05) is 0 Å². The lowest BCUT2D eigenvalue weighted by molar-refractivity contribution is -0.132. The standard InChI is InChI=1S/C41H81NO5/c1-3-5-7-9-11-12-13-14-15-16-17-18-19-20-21-22-23-24-25-26-27-28-29-31-33-35-39(45)41(47)42-37(36-43)40(46)38(44)34-32-30-10-8-6-4-2/h8,10,37-40,43-46H,3-7,9,11-36H2,1-2H3,(H,42,47)/b10-8+. The van der Waals surface area contributed by atoms with Crippen LogP contribution in [0.5, 0.6) is 0 Å². The van der Waals surface area contributed by atoms with Crippen molar-refractivity contribution in [1.82, 2.24) is 5.32 Å². The second-order valence-corrected chi connectivity index (χ2v) is 14.3. The van der Waals surface area contributed by atoms with Crippen LogP contribution >= 0.6 is 0 Å². The maximum absolute atomic E-state index is 12.4. The zero-order valence-electron chi connectivity index (χ0n) is 31.3. The monoisotopic (exact) mass is 668 g/mol. The Morgan fingerprint density at radius 3 is 1.28 bits per heavy atom. The van der Waals surface area contributed by atoms with Crippen LogP contribution in [0.1, 0.15) is 213 Å². The fraction of sp³-hybridized carbons (Fsp3) is 0.927. The van der Waals surface area contributed by atoms with Crippen molar-refractivity contribution >= 4 is 5.91 Å². The van der Waals surface area contributed by atoms with E-state index in [1.165, 1.54) is 141 Å². The van der Waals surface area contributed by atoms with Gasteiger partial charge in [-0.2, -0.15) is 0 Å². The second kappa shape index (κ2) is 36.3. The van der Waals surface area contributed by atoms with Gasteiger partial charge in [0.25, 0.3) is 0 Å². The van der Waals surface area contributed by atoms with Crippen molar-refractivity contribution in [3.05, 3.63) is 12.2 Å². The topological polar surface area (TPSA) is 110 Å². The van der Waals surface area contributed by atoms with Crippen LogP contribution in [0.25, 0.3) is 0 Å². The third-order valence-electron chi connectivity index (χ3n) is 9.71. The van der Waals surface area contributed by atoms with Gasteiger partial charge in [-0.15, -0.1) is 0 Å². The molecular formula is C41H81NO5. The zero-order chi connectivity index (χ0) is 34.6. The van der Waals surface area contributed by atoms with Gasteiger partial charge in [0.2, 0.25) is 5.91 Å². The van der Waals surface area contributed by atoms with E-state index in [-0.39, 0.29) is 0 Å². The molecule has 0 aromatic rings. The Morgan fingerprint density at radius 1 is 0.511 bits per heavy atom. The first-order chi connectivity index (χ1) is 23.0. The molecule has 0 radical (unpaired) electrons. The molecule has 0 aromatic carbocycles. The van der Waals surface area contributed by atoms with Crippen molar-refractivity contribution in [3.8, 4) is 0 Å². The van der Waals surface area contributed by atoms with E-state index in [1.807, 2.05) is 0 Å². The number of carbonyl (C=O) groups is 1. The number of rotatable bonds is 37. The molecule has 0 aliphatic heterocycles. The fourth-order valence-electron chi connectivity index (χ4n) is 6.41. The van der Waals surface area contributed by atoms with Gasteiger partial charge >= 0.3 is 0 Å². The molecule has 0 heterocycles. The van der Waals surface area contributed by atoms with Crippen LogP contribution in [0.4, 0.5) is 0 Å². The summed E-state index contributed by atoms with van der Waals surface area (Å²) in [4.78, 5) is 12.4. The van der Waals surface area contributed by atoms with Crippen LogP contribution in [0, 0.1) is 0 Å². The van der Waals surface area contributed by atoms with Gasteiger partial charge in [0.15, 0.2) is 0 Å². The number of aliphatic hydroxyl groups is 4. The molecule has 0 aromatic heterocycles. The highest BCUT2D eigenvalue weighted by Crippen LogP contribution is 2.16. The van der Waals surface area contributed by atoms with E-state index in [1.54, 1.807) is 0 Å². The molecule has 0 saturated heterocycles. The number of hydrogen-bond donors (Lipinski definition) is 5. The zero-order valence-corrected chi connectivity index (χ0v) is 31.3. The minimum atomic E-state index is -1.27. The summed E-state index contributed by atoms with van der Waals surface area (Å²) in [6.07, 6.45) is 38.7. The highest BCUT2D eigenvalue weighted by Gasteiger charge is 2.28. The molecule has 0 rings (SSSR count). The molecule has 1 amide bonds. The highest BCUT2D eigenvalue weighted by molar-refractivity contribution is 5.80. The second-order valence-electron chi connectivity index (χ2n) is 14.3. The maximum Gasteiger partial charge on any atom is 0.249 e. The van der Waals surface area contributed by atoms with Crippen LogP contribution < -0.4 is 5.32 Å². The van der Waals surface area contributed by atoms with Crippen molar-refractivity contribution < 1.29 is 25.2 Å². The van der Waals surface area contributed by atoms with Gasteiger partial charge in [-0.1, -0.05) is 193 Å². The van der Waals surface area contributed by atoms with Gasteiger partial charge in [-0.05, 0) is 32.1 Å². The average molecular weight is 668 g/mol. The fourth-order valence-corrected chi connectivity index (χ4v) is 6.41. The van der Waals surface area contributed by atoms with E-state index in [4.69, 9.17) is 0 Å². The van der Waals surface area contributed by atoms with Crippen LogP contribution in [0.3, 0.4) is 0 Å². The number of aliphatic hydroxyl groups excluding tert-OH is 4.